The number of nitrogens with one attached hydrogen (secondary N) is 2. The summed E-state index contributed by atoms with van der Waals surface area (Å²) < 4.78 is 10.6. The molecule has 5 unspecified atom stereocenters. The Morgan fingerprint density at radius 1 is 1.00 bits per heavy atom. The molecule has 184 valence electrons. The molecule has 5 atom stereocenters. The first kappa shape index (κ1) is 23.4. The molecule has 35 heavy (non-hydrogen) atoms. The second-order valence-corrected chi connectivity index (χ2v) is 9.66. The average Bonchev–Trinajstić information content (AvgIpc) is 3.55. The number of rotatable bonds is 8. The molecule has 0 saturated heterocycles. The van der Waals surface area contributed by atoms with Crippen LogP contribution in [-0.4, -0.2) is 55.5 Å². The van der Waals surface area contributed by atoms with E-state index in [0.717, 1.165) is 41.5 Å². The molecule has 0 radical (unpaired) electrons. The lowest BCUT2D eigenvalue weighted by Crippen LogP contribution is -2.51. The van der Waals surface area contributed by atoms with Crippen LogP contribution in [-0.2, 0) is 19.1 Å². The summed E-state index contributed by atoms with van der Waals surface area (Å²) in [7, 11) is 1.30. The lowest BCUT2D eigenvalue weighted by Gasteiger charge is -2.31. The van der Waals surface area contributed by atoms with Crippen molar-refractivity contribution in [2.24, 2.45) is 17.8 Å². The van der Waals surface area contributed by atoms with Gasteiger partial charge in [-0.25, -0.2) is 9.59 Å². The Hall–Kier alpha value is -3.39. The first-order valence-corrected chi connectivity index (χ1v) is 12.1. The summed E-state index contributed by atoms with van der Waals surface area (Å²) in [5.41, 5.74) is 4.62. The van der Waals surface area contributed by atoms with E-state index in [1.165, 1.54) is 7.11 Å². The second kappa shape index (κ2) is 9.70. The van der Waals surface area contributed by atoms with E-state index >= 15 is 0 Å². The molecule has 0 aromatic heterocycles. The fourth-order valence-electron chi connectivity index (χ4n) is 6.24. The Morgan fingerprint density at radius 3 is 2.26 bits per heavy atom. The van der Waals surface area contributed by atoms with Crippen molar-refractivity contribution in [2.75, 3.05) is 20.3 Å². The standard InChI is InChI=1S/C27H30N2O6/c1-34-22(26(31)32)13-28-25(30)23-15-10-11-16(12-15)24(23)29-27(33)35-14-21-19-8-4-2-6-17(19)18-7-3-5-9-20(18)21/h2-9,15-16,21-24H,10-14H2,1H3,(H,28,30)(H,29,33)(H,31,32). The van der Waals surface area contributed by atoms with Gasteiger partial charge in [-0.3, -0.25) is 4.79 Å². The van der Waals surface area contributed by atoms with Gasteiger partial charge >= 0.3 is 12.1 Å². The van der Waals surface area contributed by atoms with Gasteiger partial charge in [-0.1, -0.05) is 48.5 Å². The molecular formula is C27H30N2O6. The van der Waals surface area contributed by atoms with Crippen molar-refractivity contribution in [3.05, 3.63) is 59.7 Å². The van der Waals surface area contributed by atoms with Crippen LogP contribution in [0.1, 0.15) is 36.3 Å². The van der Waals surface area contributed by atoms with Crippen molar-refractivity contribution in [3.8, 4) is 11.1 Å². The highest BCUT2D eigenvalue weighted by Gasteiger charge is 2.51. The van der Waals surface area contributed by atoms with Crippen molar-refractivity contribution in [3.63, 3.8) is 0 Å². The summed E-state index contributed by atoms with van der Waals surface area (Å²) in [5.74, 6) is -1.42. The quantitative estimate of drug-likeness (QED) is 0.537. The van der Waals surface area contributed by atoms with Gasteiger partial charge < -0.3 is 25.2 Å². The van der Waals surface area contributed by atoms with Crippen LogP contribution < -0.4 is 10.6 Å². The Morgan fingerprint density at radius 2 is 1.63 bits per heavy atom. The maximum atomic E-state index is 13.0. The fourth-order valence-corrected chi connectivity index (χ4v) is 6.24. The number of alkyl carbamates (subject to hydrolysis) is 1. The molecule has 8 heteroatoms. The van der Waals surface area contributed by atoms with Gasteiger partial charge in [0, 0.05) is 19.1 Å². The number of carbonyl (C=O) groups is 3. The SMILES string of the molecule is COC(CNC(=O)C1C2CCC(C2)C1NC(=O)OCC1c2ccccc2-c2ccccc21)C(=O)O. The number of aliphatic carboxylic acids is 1. The lowest BCUT2D eigenvalue weighted by atomic mass is 9.83. The number of methoxy groups -OCH3 is 1. The maximum absolute atomic E-state index is 13.0. The molecule has 0 spiro atoms. The lowest BCUT2D eigenvalue weighted by molar-refractivity contribution is -0.148. The number of carbonyl (C=O) groups excluding carboxylic acids is 2. The number of hydrogen-bond acceptors (Lipinski definition) is 5. The molecule has 3 aliphatic carbocycles. The van der Waals surface area contributed by atoms with Crippen molar-refractivity contribution >= 4 is 18.0 Å². The Kier molecular flexibility index (Phi) is 6.47. The monoisotopic (exact) mass is 478 g/mol. The number of benzene rings is 2. The smallest absolute Gasteiger partial charge is 0.407 e. The minimum absolute atomic E-state index is 0.0331. The molecule has 2 aromatic rings. The molecular weight excluding hydrogens is 448 g/mol. The van der Waals surface area contributed by atoms with E-state index in [9.17, 15) is 14.4 Å². The number of fused-ring (bicyclic) bond motifs is 5. The van der Waals surface area contributed by atoms with Gasteiger partial charge in [0.15, 0.2) is 6.10 Å². The molecule has 2 saturated carbocycles. The van der Waals surface area contributed by atoms with Crippen LogP contribution in [0.25, 0.3) is 11.1 Å². The zero-order chi connectivity index (χ0) is 24.5. The minimum atomic E-state index is -1.13. The average molecular weight is 479 g/mol. The van der Waals surface area contributed by atoms with Crippen molar-refractivity contribution in [2.45, 2.75) is 37.3 Å². The van der Waals surface area contributed by atoms with Gasteiger partial charge in [0.25, 0.3) is 0 Å². The van der Waals surface area contributed by atoms with Crippen molar-refractivity contribution in [1.82, 2.24) is 10.6 Å². The molecule has 3 N–H and O–H groups in total. The van der Waals surface area contributed by atoms with E-state index in [0.29, 0.717) is 0 Å². The predicted octanol–water partition coefficient (Wildman–Crippen LogP) is 3.16. The number of carboxylic acids is 1. The molecule has 0 heterocycles. The fraction of sp³-hybridized carbons (Fsp3) is 0.444. The Labute approximate surface area is 204 Å². The highest BCUT2D eigenvalue weighted by atomic mass is 16.5. The third kappa shape index (κ3) is 4.38. The normalized spacial score (nSPS) is 24.9. The highest BCUT2D eigenvalue weighted by Crippen LogP contribution is 2.49. The van der Waals surface area contributed by atoms with Crippen LogP contribution in [0.15, 0.2) is 48.5 Å². The molecule has 0 aliphatic heterocycles. The van der Waals surface area contributed by atoms with Gasteiger partial charge in [-0.2, -0.15) is 0 Å². The summed E-state index contributed by atoms with van der Waals surface area (Å²) in [6.07, 6.45) is 1.13. The van der Waals surface area contributed by atoms with Gasteiger partial charge in [0.1, 0.15) is 6.61 Å². The van der Waals surface area contributed by atoms with Gasteiger partial charge in [0.2, 0.25) is 5.91 Å². The predicted molar refractivity (Wildman–Crippen MR) is 128 cm³/mol. The van der Waals surface area contributed by atoms with Crippen LogP contribution in [0.4, 0.5) is 4.79 Å². The third-order valence-corrected chi connectivity index (χ3v) is 7.87. The summed E-state index contributed by atoms with van der Waals surface area (Å²) in [4.78, 5) is 37.0. The van der Waals surface area contributed by atoms with Crippen LogP contribution in [0.3, 0.4) is 0 Å². The van der Waals surface area contributed by atoms with E-state index in [-0.39, 0.29) is 42.9 Å². The molecule has 2 aromatic carbocycles. The van der Waals surface area contributed by atoms with Gasteiger partial charge in [0.05, 0.1) is 12.5 Å². The number of amides is 2. The van der Waals surface area contributed by atoms with Crippen molar-refractivity contribution in [1.29, 1.82) is 0 Å². The summed E-state index contributed by atoms with van der Waals surface area (Å²) in [6, 6.07) is 16.0. The zero-order valence-corrected chi connectivity index (χ0v) is 19.6. The van der Waals surface area contributed by atoms with Crippen LogP contribution in [0.5, 0.6) is 0 Å². The van der Waals surface area contributed by atoms with E-state index in [1.807, 2.05) is 24.3 Å². The van der Waals surface area contributed by atoms with Crippen LogP contribution in [0.2, 0.25) is 0 Å². The topological polar surface area (TPSA) is 114 Å². The molecule has 2 amide bonds. The van der Waals surface area contributed by atoms with Crippen LogP contribution >= 0.6 is 0 Å². The van der Waals surface area contributed by atoms with E-state index < -0.39 is 24.1 Å². The first-order valence-electron chi connectivity index (χ1n) is 12.1. The molecule has 5 rings (SSSR count). The Bertz CT molecular complexity index is 1090. The summed E-state index contributed by atoms with van der Waals surface area (Å²) in [5, 5.41) is 14.8. The number of hydrogen-bond donors (Lipinski definition) is 3. The minimum Gasteiger partial charge on any atom is -0.479 e. The number of carboxylic acid groups (broad SMARTS) is 1. The molecule has 8 nitrogen and oxygen atoms in total. The number of ether oxygens (including phenoxy) is 2. The van der Waals surface area contributed by atoms with E-state index in [4.69, 9.17) is 14.6 Å². The molecule has 2 bridgehead atoms. The first-order chi connectivity index (χ1) is 17.0. The van der Waals surface area contributed by atoms with Crippen molar-refractivity contribution < 1.29 is 29.0 Å². The van der Waals surface area contributed by atoms with E-state index in [2.05, 4.69) is 34.9 Å². The summed E-state index contributed by atoms with van der Waals surface area (Å²) in [6.45, 7) is 0.0991. The third-order valence-electron chi connectivity index (χ3n) is 7.87. The van der Waals surface area contributed by atoms with Crippen LogP contribution in [0, 0.1) is 17.8 Å². The van der Waals surface area contributed by atoms with Gasteiger partial charge in [-0.15, -0.1) is 0 Å². The summed E-state index contributed by atoms with van der Waals surface area (Å²) >= 11 is 0. The zero-order valence-electron chi connectivity index (χ0n) is 19.6. The largest absolute Gasteiger partial charge is 0.479 e. The highest BCUT2D eigenvalue weighted by molar-refractivity contribution is 5.83. The maximum Gasteiger partial charge on any atom is 0.407 e. The molecule has 2 fully saturated rings. The second-order valence-electron chi connectivity index (χ2n) is 9.66. The van der Waals surface area contributed by atoms with Gasteiger partial charge in [-0.05, 0) is 53.4 Å². The Balaban J connectivity index is 1.22. The molecule has 3 aliphatic rings. The van der Waals surface area contributed by atoms with E-state index in [1.54, 1.807) is 0 Å².